The molecule has 2 nitrogen and oxygen atoms in total. The predicted molar refractivity (Wildman–Crippen MR) is 92.7 cm³/mol. The van der Waals surface area contributed by atoms with Crippen molar-refractivity contribution in [3.63, 3.8) is 0 Å². The van der Waals surface area contributed by atoms with Crippen LogP contribution in [-0.2, 0) is 9.59 Å². The first-order chi connectivity index (χ1) is 10.2. The van der Waals surface area contributed by atoms with Crippen molar-refractivity contribution in [2.75, 3.05) is 0 Å². The molecule has 2 rings (SSSR count). The number of ketones is 2. The second-order valence-corrected chi connectivity index (χ2v) is 8.41. The first-order valence-corrected chi connectivity index (χ1v) is 9.27. The highest BCUT2D eigenvalue weighted by Crippen LogP contribution is 2.30. The number of carbonyl (C=O) groups is 2. The van der Waals surface area contributed by atoms with Gasteiger partial charge in [0.05, 0.1) is 0 Å². The maximum Gasteiger partial charge on any atom is 0.136 e. The van der Waals surface area contributed by atoms with E-state index < -0.39 is 0 Å². The van der Waals surface area contributed by atoms with Gasteiger partial charge >= 0.3 is 0 Å². The van der Waals surface area contributed by atoms with Crippen LogP contribution in [0.25, 0.3) is 0 Å². The van der Waals surface area contributed by atoms with Gasteiger partial charge in [-0.15, -0.1) is 0 Å². The van der Waals surface area contributed by atoms with Crippen LogP contribution in [0.5, 0.6) is 0 Å². The minimum Gasteiger partial charge on any atom is -0.299 e. The van der Waals surface area contributed by atoms with Gasteiger partial charge in [0.2, 0.25) is 0 Å². The Morgan fingerprint density at radius 2 is 1.00 bits per heavy atom. The van der Waals surface area contributed by atoms with E-state index in [0.29, 0.717) is 47.1 Å². The highest BCUT2D eigenvalue weighted by molar-refractivity contribution is 5.82. The summed E-state index contributed by atoms with van der Waals surface area (Å²) < 4.78 is 0. The molecule has 2 aliphatic carbocycles. The largest absolute Gasteiger partial charge is 0.299 e. The van der Waals surface area contributed by atoms with E-state index in [1.54, 1.807) is 0 Å². The van der Waals surface area contributed by atoms with Crippen LogP contribution in [0.2, 0.25) is 0 Å². The number of rotatable bonds is 2. The van der Waals surface area contributed by atoms with Crippen molar-refractivity contribution < 1.29 is 9.59 Å². The van der Waals surface area contributed by atoms with E-state index in [0.717, 1.165) is 25.7 Å². The third-order valence-corrected chi connectivity index (χ3v) is 5.48. The molecular weight excluding hydrogens is 272 g/mol. The van der Waals surface area contributed by atoms with Gasteiger partial charge in [0.1, 0.15) is 11.6 Å². The Morgan fingerprint density at radius 1 is 0.682 bits per heavy atom. The Kier molecular flexibility index (Phi) is 7.79. The topological polar surface area (TPSA) is 34.1 Å². The molecule has 0 aliphatic heterocycles. The lowest BCUT2D eigenvalue weighted by atomic mass is 9.77. The van der Waals surface area contributed by atoms with Crippen LogP contribution in [0.15, 0.2) is 0 Å². The molecule has 0 bridgehead atoms. The van der Waals surface area contributed by atoms with Gasteiger partial charge in [0.25, 0.3) is 0 Å². The Hall–Kier alpha value is -0.660. The lowest BCUT2D eigenvalue weighted by molar-refractivity contribution is -0.128. The lowest BCUT2D eigenvalue weighted by Crippen LogP contribution is -2.27. The van der Waals surface area contributed by atoms with Gasteiger partial charge in [-0.2, -0.15) is 0 Å². The molecule has 128 valence electrons. The molecule has 2 fully saturated rings. The van der Waals surface area contributed by atoms with Crippen LogP contribution in [-0.4, -0.2) is 11.6 Å². The molecule has 0 saturated heterocycles. The van der Waals surface area contributed by atoms with Gasteiger partial charge in [-0.3, -0.25) is 9.59 Å². The summed E-state index contributed by atoms with van der Waals surface area (Å²) in [5.74, 6) is 4.11. The average Bonchev–Trinajstić information content (AvgIpc) is 2.38. The molecule has 2 aliphatic rings. The molecule has 0 spiro atoms. The van der Waals surface area contributed by atoms with Crippen LogP contribution in [0, 0.1) is 35.5 Å². The van der Waals surface area contributed by atoms with Crippen molar-refractivity contribution in [3.8, 4) is 0 Å². The van der Waals surface area contributed by atoms with Crippen molar-refractivity contribution >= 4 is 11.6 Å². The first-order valence-electron chi connectivity index (χ1n) is 9.27. The van der Waals surface area contributed by atoms with Crippen molar-refractivity contribution in [1.82, 2.24) is 0 Å². The van der Waals surface area contributed by atoms with Crippen LogP contribution in [0.4, 0.5) is 0 Å². The van der Waals surface area contributed by atoms with Gasteiger partial charge in [-0.25, -0.2) is 0 Å². The van der Waals surface area contributed by atoms with Gasteiger partial charge in [0.15, 0.2) is 0 Å². The zero-order valence-electron chi connectivity index (χ0n) is 15.5. The third-order valence-electron chi connectivity index (χ3n) is 5.48. The molecule has 22 heavy (non-hydrogen) atoms. The highest BCUT2D eigenvalue weighted by Gasteiger charge is 2.28. The zero-order valence-corrected chi connectivity index (χ0v) is 15.5. The molecule has 4 atom stereocenters. The van der Waals surface area contributed by atoms with Crippen LogP contribution >= 0.6 is 0 Å². The van der Waals surface area contributed by atoms with E-state index >= 15 is 0 Å². The summed E-state index contributed by atoms with van der Waals surface area (Å²) in [5.41, 5.74) is 0. The van der Waals surface area contributed by atoms with E-state index in [9.17, 15) is 9.59 Å². The quantitative estimate of drug-likeness (QED) is 0.694. The molecule has 0 aromatic carbocycles. The van der Waals surface area contributed by atoms with E-state index in [1.807, 2.05) is 0 Å². The molecular formula is C20H36O2. The molecule has 0 amide bonds. The average molecular weight is 309 g/mol. The summed E-state index contributed by atoms with van der Waals surface area (Å²) in [6.45, 7) is 13.0. The summed E-state index contributed by atoms with van der Waals surface area (Å²) in [4.78, 5) is 22.9. The van der Waals surface area contributed by atoms with Crippen LogP contribution in [0.3, 0.4) is 0 Å². The van der Waals surface area contributed by atoms with Crippen molar-refractivity contribution in [2.45, 2.75) is 80.1 Å². The number of hydrogen-bond donors (Lipinski definition) is 0. The van der Waals surface area contributed by atoms with Crippen LogP contribution in [0.1, 0.15) is 80.1 Å². The van der Waals surface area contributed by atoms with Crippen LogP contribution < -0.4 is 0 Å². The monoisotopic (exact) mass is 308 g/mol. The molecule has 0 aromatic heterocycles. The smallest absolute Gasteiger partial charge is 0.136 e. The molecule has 0 radical (unpaired) electrons. The Bertz CT molecular complexity index is 334. The summed E-state index contributed by atoms with van der Waals surface area (Å²) >= 11 is 0. The summed E-state index contributed by atoms with van der Waals surface area (Å²) in [5, 5.41) is 0. The lowest BCUT2D eigenvalue weighted by Gasteiger charge is -2.27. The number of carbonyl (C=O) groups excluding carboxylic acids is 2. The normalized spacial score (nSPS) is 32.9. The predicted octanol–water partition coefficient (Wildman–Crippen LogP) is 5.30. The number of hydrogen-bond acceptors (Lipinski definition) is 2. The van der Waals surface area contributed by atoms with E-state index in [2.05, 4.69) is 41.5 Å². The molecule has 0 unspecified atom stereocenters. The van der Waals surface area contributed by atoms with Crippen molar-refractivity contribution in [2.24, 2.45) is 35.5 Å². The minimum absolute atomic E-state index is 0.367. The Balaban J connectivity index is 0.000000220. The van der Waals surface area contributed by atoms with E-state index in [1.165, 1.54) is 12.8 Å². The SMILES string of the molecule is CC(C)[C@H]1CC[C@H](C)CC1=O.CC(C)[C@H]1CC[C@H](C)CC1=O. The molecule has 0 heterocycles. The van der Waals surface area contributed by atoms with Gasteiger partial charge in [0, 0.05) is 24.7 Å². The summed E-state index contributed by atoms with van der Waals surface area (Å²) in [6.07, 6.45) is 6.38. The van der Waals surface area contributed by atoms with E-state index in [-0.39, 0.29) is 0 Å². The Labute approximate surface area is 137 Å². The van der Waals surface area contributed by atoms with E-state index in [4.69, 9.17) is 0 Å². The fourth-order valence-corrected chi connectivity index (χ4v) is 3.85. The van der Waals surface area contributed by atoms with Crippen molar-refractivity contribution in [1.29, 1.82) is 0 Å². The second kappa shape index (κ2) is 8.84. The Morgan fingerprint density at radius 3 is 1.23 bits per heavy atom. The molecule has 2 heteroatoms. The summed E-state index contributed by atoms with van der Waals surface area (Å²) in [6, 6.07) is 0. The maximum absolute atomic E-state index is 11.4. The van der Waals surface area contributed by atoms with Gasteiger partial charge in [-0.05, 0) is 49.4 Å². The molecule has 0 aromatic rings. The fraction of sp³-hybridized carbons (Fsp3) is 0.900. The fourth-order valence-electron chi connectivity index (χ4n) is 3.85. The maximum atomic E-state index is 11.4. The van der Waals surface area contributed by atoms with Gasteiger partial charge in [-0.1, -0.05) is 41.5 Å². The minimum atomic E-state index is 0.367. The van der Waals surface area contributed by atoms with Gasteiger partial charge < -0.3 is 0 Å². The first kappa shape index (κ1) is 19.4. The third kappa shape index (κ3) is 5.85. The zero-order chi connectivity index (χ0) is 16.9. The molecule has 2 saturated carbocycles. The summed E-state index contributed by atoms with van der Waals surface area (Å²) in [7, 11) is 0. The van der Waals surface area contributed by atoms with Crippen molar-refractivity contribution in [3.05, 3.63) is 0 Å². The number of Topliss-reactive ketones (excluding diaryl/α,β-unsaturated/α-hetero) is 2. The second-order valence-electron chi connectivity index (χ2n) is 8.41. The standard InChI is InChI=1S/2C10H18O/c2*1-7(2)9-5-4-8(3)6-10(9)11/h2*7-9H,4-6H2,1-3H3/t2*8-,9+/m00/s1. The molecule has 0 N–H and O–H groups in total. The highest BCUT2D eigenvalue weighted by atomic mass is 16.1.